The molecule has 1 fully saturated rings. The zero-order valence-corrected chi connectivity index (χ0v) is 13.0. The van der Waals surface area contributed by atoms with E-state index in [-0.39, 0.29) is 11.4 Å². The van der Waals surface area contributed by atoms with E-state index in [9.17, 15) is 4.79 Å². The average molecular weight is 268 g/mol. The Balaban J connectivity index is 2.43. The van der Waals surface area contributed by atoms with Gasteiger partial charge in [0.1, 0.15) is 0 Å². The molecule has 3 heteroatoms. The monoisotopic (exact) mass is 268 g/mol. The van der Waals surface area contributed by atoms with Crippen LogP contribution < -0.4 is 11.1 Å². The fourth-order valence-electron chi connectivity index (χ4n) is 3.30. The second-order valence-corrected chi connectivity index (χ2v) is 6.97. The summed E-state index contributed by atoms with van der Waals surface area (Å²) in [6.07, 6.45) is 9.33. The largest absolute Gasteiger partial charge is 0.350 e. The van der Waals surface area contributed by atoms with Gasteiger partial charge in [-0.3, -0.25) is 4.79 Å². The molecule has 3 N–H and O–H groups in total. The van der Waals surface area contributed by atoms with Gasteiger partial charge in [-0.25, -0.2) is 0 Å². The SMILES string of the molecule is CC(C)CC(C)(CN)NC(=O)CC1CCCCCC1. The van der Waals surface area contributed by atoms with Gasteiger partial charge in [0.15, 0.2) is 0 Å². The highest BCUT2D eigenvalue weighted by Crippen LogP contribution is 2.25. The molecule has 1 rings (SSSR count). The van der Waals surface area contributed by atoms with Crippen molar-refractivity contribution in [2.24, 2.45) is 17.6 Å². The van der Waals surface area contributed by atoms with Crippen LogP contribution in [-0.2, 0) is 4.79 Å². The van der Waals surface area contributed by atoms with E-state index in [4.69, 9.17) is 5.73 Å². The summed E-state index contributed by atoms with van der Waals surface area (Å²) in [4.78, 5) is 12.2. The van der Waals surface area contributed by atoms with Crippen LogP contribution in [0.5, 0.6) is 0 Å². The fourth-order valence-corrected chi connectivity index (χ4v) is 3.30. The second kappa shape index (κ2) is 7.88. The van der Waals surface area contributed by atoms with E-state index >= 15 is 0 Å². The maximum atomic E-state index is 12.2. The minimum absolute atomic E-state index is 0.195. The van der Waals surface area contributed by atoms with Crippen molar-refractivity contribution < 1.29 is 4.79 Å². The lowest BCUT2D eigenvalue weighted by molar-refractivity contribution is -0.124. The van der Waals surface area contributed by atoms with Gasteiger partial charge in [0.05, 0.1) is 0 Å². The van der Waals surface area contributed by atoms with Crippen LogP contribution in [0.2, 0.25) is 0 Å². The lowest BCUT2D eigenvalue weighted by Gasteiger charge is -2.32. The average Bonchev–Trinajstić information content (AvgIpc) is 2.56. The zero-order chi connectivity index (χ0) is 14.3. The van der Waals surface area contributed by atoms with Crippen LogP contribution in [0.1, 0.15) is 72.1 Å². The van der Waals surface area contributed by atoms with Crippen LogP contribution in [0.3, 0.4) is 0 Å². The normalized spacial score (nSPS) is 20.9. The maximum absolute atomic E-state index is 12.2. The molecule has 0 aromatic heterocycles. The Kier molecular flexibility index (Phi) is 6.84. The Morgan fingerprint density at radius 1 is 1.26 bits per heavy atom. The van der Waals surface area contributed by atoms with E-state index in [2.05, 4.69) is 26.1 Å². The molecule has 0 heterocycles. The first-order chi connectivity index (χ1) is 8.95. The molecule has 112 valence electrons. The van der Waals surface area contributed by atoms with Crippen molar-refractivity contribution in [3.05, 3.63) is 0 Å². The number of amides is 1. The van der Waals surface area contributed by atoms with Gasteiger partial charge in [-0.15, -0.1) is 0 Å². The Hall–Kier alpha value is -0.570. The minimum atomic E-state index is -0.240. The van der Waals surface area contributed by atoms with Crippen LogP contribution in [-0.4, -0.2) is 18.0 Å². The quantitative estimate of drug-likeness (QED) is 0.727. The van der Waals surface area contributed by atoms with E-state index in [1.807, 2.05) is 0 Å². The summed E-state index contributed by atoms with van der Waals surface area (Å²) >= 11 is 0. The highest BCUT2D eigenvalue weighted by molar-refractivity contribution is 5.77. The topological polar surface area (TPSA) is 55.1 Å². The number of rotatable bonds is 6. The van der Waals surface area contributed by atoms with Gasteiger partial charge in [-0.2, -0.15) is 0 Å². The summed E-state index contributed by atoms with van der Waals surface area (Å²) in [6.45, 7) is 6.93. The number of nitrogens with one attached hydrogen (secondary N) is 1. The molecule has 1 unspecified atom stereocenters. The third-order valence-corrected chi connectivity index (χ3v) is 4.20. The summed E-state index contributed by atoms with van der Waals surface area (Å²) in [6, 6.07) is 0. The van der Waals surface area contributed by atoms with Crippen LogP contribution in [0.4, 0.5) is 0 Å². The summed E-state index contributed by atoms with van der Waals surface area (Å²) in [7, 11) is 0. The number of hydrogen-bond acceptors (Lipinski definition) is 2. The fraction of sp³-hybridized carbons (Fsp3) is 0.938. The van der Waals surface area contributed by atoms with Gasteiger partial charge in [-0.05, 0) is 38.0 Å². The van der Waals surface area contributed by atoms with Crippen molar-refractivity contribution in [2.75, 3.05) is 6.54 Å². The van der Waals surface area contributed by atoms with Gasteiger partial charge in [-0.1, -0.05) is 39.5 Å². The Morgan fingerprint density at radius 2 is 1.84 bits per heavy atom. The first-order valence-corrected chi connectivity index (χ1v) is 7.96. The van der Waals surface area contributed by atoms with Crippen LogP contribution in [0.15, 0.2) is 0 Å². The highest BCUT2D eigenvalue weighted by Gasteiger charge is 2.27. The van der Waals surface area contributed by atoms with E-state index in [0.717, 1.165) is 6.42 Å². The predicted octanol–water partition coefficient (Wildman–Crippen LogP) is 3.23. The van der Waals surface area contributed by atoms with E-state index < -0.39 is 0 Å². The van der Waals surface area contributed by atoms with E-state index in [1.165, 1.54) is 38.5 Å². The van der Waals surface area contributed by atoms with Crippen molar-refractivity contribution in [2.45, 2.75) is 77.7 Å². The molecule has 0 spiro atoms. The standard InChI is InChI=1S/C16H32N2O/c1-13(2)11-16(3,12-17)18-15(19)10-14-8-6-4-5-7-9-14/h13-14H,4-12,17H2,1-3H3,(H,18,19). The molecule has 1 aliphatic rings. The van der Waals surface area contributed by atoms with Crippen LogP contribution in [0.25, 0.3) is 0 Å². The summed E-state index contributed by atoms with van der Waals surface area (Å²) in [5.74, 6) is 1.33. The number of nitrogens with two attached hydrogens (primary N) is 1. The summed E-state index contributed by atoms with van der Waals surface area (Å²) in [5, 5.41) is 3.18. The summed E-state index contributed by atoms with van der Waals surface area (Å²) < 4.78 is 0. The van der Waals surface area contributed by atoms with Crippen LogP contribution >= 0.6 is 0 Å². The first-order valence-electron chi connectivity index (χ1n) is 7.96. The summed E-state index contributed by atoms with van der Waals surface area (Å²) in [5.41, 5.74) is 5.61. The molecular formula is C16H32N2O. The van der Waals surface area contributed by atoms with Gasteiger partial charge >= 0.3 is 0 Å². The first kappa shape index (κ1) is 16.5. The molecule has 1 aliphatic carbocycles. The molecule has 0 radical (unpaired) electrons. The molecular weight excluding hydrogens is 236 g/mol. The lowest BCUT2D eigenvalue weighted by Crippen LogP contribution is -2.52. The van der Waals surface area contributed by atoms with Crippen molar-refractivity contribution in [3.63, 3.8) is 0 Å². The van der Waals surface area contributed by atoms with E-state index in [0.29, 0.717) is 24.8 Å². The van der Waals surface area contributed by atoms with Gasteiger partial charge in [0, 0.05) is 18.5 Å². The predicted molar refractivity (Wildman–Crippen MR) is 80.9 cm³/mol. The number of carbonyl (C=O) groups excluding carboxylic acids is 1. The molecule has 0 aromatic carbocycles. The number of hydrogen-bond donors (Lipinski definition) is 2. The molecule has 0 bridgehead atoms. The zero-order valence-electron chi connectivity index (χ0n) is 13.0. The molecule has 19 heavy (non-hydrogen) atoms. The highest BCUT2D eigenvalue weighted by atomic mass is 16.1. The molecule has 1 saturated carbocycles. The molecule has 3 nitrogen and oxygen atoms in total. The molecule has 1 atom stereocenters. The third-order valence-electron chi connectivity index (χ3n) is 4.20. The molecule has 1 amide bonds. The number of carbonyl (C=O) groups is 1. The van der Waals surface area contributed by atoms with Crippen molar-refractivity contribution in [1.82, 2.24) is 5.32 Å². The van der Waals surface area contributed by atoms with E-state index in [1.54, 1.807) is 0 Å². The molecule has 0 aliphatic heterocycles. The third kappa shape index (κ3) is 6.42. The van der Waals surface area contributed by atoms with Crippen molar-refractivity contribution in [1.29, 1.82) is 0 Å². The molecule has 0 aromatic rings. The van der Waals surface area contributed by atoms with Gasteiger partial charge in [0.2, 0.25) is 5.91 Å². The smallest absolute Gasteiger partial charge is 0.220 e. The van der Waals surface area contributed by atoms with Gasteiger partial charge < -0.3 is 11.1 Å². The molecule has 0 saturated heterocycles. The Bertz CT molecular complexity index is 270. The minimum Gasteiger partial charge on any atom is -0.350 e. The Morgan fingerprint density at radius 3 is 2.32 bits per heavy atom. The Labute approximate surface area is 118 Å². The van der Waals surface area contributed by atoms with Crippen molar-refractivity contribution >= 4 is 5.91 Å². The van der Waals surface area contributed by atoms with Gasteiger partial charge in [0.25, 0.3) is 0 Å². The van der Waals surface area contributed by atoms with Crippen LogP contribution in [0, 0.1) is 11.8 Å². The lowest BCUT2D eigenvalue weighted by atomic mass is 9.89. The maximum Gasteiger partial charge on any atom is 0.220 e. The second-order valence-electron chi connectivity index (χ2n) is 6.97. The van der Waals surface area contributed by atoms with Crippen molar-refractivity contribution in [3.8, 4) is 0 Å².